The van der Waals surface area contributed by atoms with Crippen molar-refractivity contribution in [1.82, 2.24) is 9.55 Å². The molecule has 1 heterocycles. The third-order valence-electron chi connectivity index (χ3n) is 4.42. The van der Waals surface area contributed by atoms with Crippen LogP contribution in [-0.2, 0) is 0 Å². The van der Waals surface area contributed by atoms with Crippen molar-refractivity contribution in [3.05, 3.63) is 109 Å². The van der Waals surface area contributed by atoms with Crippen LogP contribution in [0.1, 0.15) is 11.4 Å². The lowest BCUT2D eigenvalue weighted by atomic mass is 10.2. The topological polar surface area (TPSA) is 78.0 Å². The minimum absolute atomic E-state index is 0.0394. The fourth-order valence-corrected chi connectivity index (χ4v) is 3.24. The largest absolute Gasteiger partial charge is 0.269 e. The highest BCUT2D eigenvalue weighted by Gasteiger charge is 2.12. The number of benzene rings is 3. The first kappa shape index (κ1) is 18.8. The molecule has 0 amide bonds. The maximum atomic E-state index is 13.2. The van der Waals surface area contributed by atoms with Crippen LogP contribution in [0.15, 0.2) is 82.1 Å². The van der Waals surface area contributed by atoms with Crippen LogP contribution in [0.3, 0.4) is 0 Å². The third kappa shape index (κ3) is 3.86. The summed E-state index contributed by atoms with van der Waals surface area (Å²) in [5.41, 5.74) is 1.77. The Morgan fingerprint density at radius 2 is 1.62 bits per heavy atom. The molecule has 0 saturated heterocycles. The zero-order valence-corrected chi connectivity index (χ0v) is 16.6. The molecule has 0 fully saturated rings. The summed E-state index contributed by atoms with van der Waals surface area (Å²) in [6, 6.07) is 20.7. The third-order valence-corrected chi connectivity index (χ3v) is 4.94. The Kier molecular flexibility index (Phi) is 5.05. The van der Waals surface area contributed by atoms with E-state index >= 15 is 0 Å². The molecule has 0 aliphatic heterocycles. The molecule has 4 aromatic rings. The number of hydrogen-bond donors (Lipinski definition) is 0. The van der Waals surface area contributed by atoms with Gasteiger partial charge in [0.05, 0.1) is 21.5 Å². The lowest BCUT2D eigenvalue weighted by molar-refractivity contribution is -0.384. The zero-order chi connectivity index (χ0) is 20.4. The minimum Gasteiger partial charge on any atom is -0.268 e. The van der Waals surface area contributed by atoms with E-state index in [4.69, 9.17) is 0 Å². The SMILES string of the molecule is O=c1c2ccccc2nc(/C=C/c2ccc(Br)cc2)n1-c1ccc([N+](=O)[O-])cc1. The van der Waals surface area contributed by atoms with Gasteiger partial charge in [0.1, 0.15) is 5.82 Å². The second-order valence-electron chi connectivity index (χ2n) is 6.29. The van der Waals surface area contributed by atoms with Crippen molar-refractivity contribution in [2.24, 2.45) is 0 Å². The van der Waals surface area contributed by atoms with Crippen LogP contribution in [0.25, 0.3) is 28.7 Å². The van der Waals surface area contributed by atoms with Gasteiger partial charge in [-0.05, 0) is 48.0 Å². The van der Waals surface area contributed by atoms with E-state index in [1.165, 1.54) is 16.7 Å². The summed E-state index contributed by atoms with van der Waals surface area (Å²) < 4.78 is 2.43. The van der Waals surface area contributed by atoms with Crippen molar-refractivity contribution in [3.8, 4) is 5.69 Å². The number of nitrogens with zero attached hydrogens (tertiary/aromatic N) is 3. The van der Waals surface area contributed by atoms with Crippen LogP contribution in [0.4, 0.5) is 5.69 Å². The number of nitro benzene ring substituents is 1. The number of para-hydroxylation sites is 1. The molecule has 6 nitrogen and oxygen atoms in total. The Bertz CT molecular complexity index is 1290. The number of halogens is 1. The zero-order valence-electron chi connectivity index (χ0n) is 15.0. The summed E-state index contributed by atoms with van der Waals surface area (Å²) in [6.45, 7) is 0. The molecule has 3 aromatic carbocycles. The molecule has 29 heavy (non-hydrogen) atoms. The number of aromatic nitrogens is 2. The number of hydrogen-bond acceptors (Lipinski definition) is 4. The van der Waals surface area contributed by atoms with Crippen molar-refractivity contribution in [2.45, 2.75) is 0 Å². The van der Waals surface area contributed by atoms with Gasteiger partial charge >= 0.3 is 0 Å². The second-order valence-corrected chi connectivity index (χ2v) is 7.20. The Morgan fingerprint density at radius 3 is 2.31 bits per heavy atom. The van der Waals surface area contributed by atoms with Crippen LogP contribution >= 0.6 is 15.9 Å². The van der Waals surface area contributed by atoms with E-state index in [0.717, 1.165) is 10.0 Å². The Morgan fingerprint density at radius 1 is 0.931 bits per heavy atom. The van der Waals surface area contributed by atoms with Crippen LogP contribution in [0, 0.1) is 10.1 Å². The lowest BCUT2D eigenvalue weighted by Crippen LogP contribution is -2.22. The van der Waals surface area contributed by atoms with Gasteiger partial charge in [-0.1, -0.05) is 46.3 Å². The van der Waals surface area contributed by atoms with Gasteiger partial charge < -0.3 is 0 Å². The average Bonchev–Trinajstić information content (AvgIpc) is 2.73. The molecule has 0 unspecified atom stereocenters. The van der Waals surface area contributed by atoms with Gasteiger partial charge in [0.15, 0.2) is 0 Å². The molecular formula is C22H14BrN3O3. The van der Waals surface area contributed by atoms with Crippen molar-refractivity contribution in [2.75, 3.05) is 0 Å². The van der Waals surface area contributed by atoms with Crippen LogP contribution < -0.4 is 5.56 Å². The fraction of sp³-hybridized carbons (Fsp3) is 0. The predicted molar refractivity (Wildman–Crippen MR) is 117 cm³/mol. The van der Waals surface area contributed by atoms with Crippen LogP contribution in [0.2, 0.25) is 0 Å². The summed E-state index contributed by atoms with van der Waals surface area (Å²) in [4.78, 5) is 28.3. The molecule has 1 aromatic heterocycles. The maximum Gasteiger partial charge on any atom is 0.269 e. The monoisotopic (exact) mass is 447 g/mol. The predicted octanol–water partition coefficient (Wildman–Crippen LogP) is 5.23. The van der Waals surface area contributed by atoms with Gasteiger partial charge in [-0.15, -0.1) is 0 Å². The van der Waals surface area contributed by atoms with Gasteiger partial charge in [0.25, 0.3) is 11.2 Å². The van der Waals surface area contributed by atoms with E-state index in [2.05, 4.69) is 20.9 Å². The van der Waals surface area contributed by atoms with E-state index < -0.39 is 4.92 Å². The van der Waals surface area contributed by atoms with Crippen molar-refractivity contribution in [1.29, 1.82) is 0 Å². The molecule has 0 atom stereocenters. The van der Waals surface area contributed by atoms with Crippen molar-refractivity contribution in [3.63, 3.8) is 0 Å². The van der Waals surface area contributed by atoms with Gasteiger partial charge in [-0.3, -0.25) is 19.5 Å². The molecule has 0 aliphatic rings. The van der Waals surface area contributed by atoms with E-state index in [0.29, 0.717) is 22.4 Å². The summed E-state index contributed by atoms with van der Waals surface area (Å²) in [5, 5.41) is 11.4. The summed E-state index contributed by atoms with van der Waals surface area (Å²) in [5.74, 6) is 0.436. The smallest absolute Gasteiger partial charge is 0.268 e. The lowest BCUT2D eigenvalue weighted by Gasteiger charge is -2.11. The number of fused-ring (bicyclic) bond motifs is 1. The highest BCUT2D eigenvalue weighted by Crippen LogP contribution is 2.19. The van der Waals surface area contributed by atoms with Crippen LogP contribution in [0.5, 0.6) is 0 Å². The summed E-state index contributed by atoms with van der Waals surface area (Å²) in [6.07, 6.45) is 3.63. The van der Waals surface area contributed by atoms with E-state index in [1.54, 1.807) is 36.4 Å². The first-order valence-electron chi connectivity index (χ1n) is 8.73. The Labute approximate surface area is 174 Å². The average molecular weight is 448 g/mol. The molecule has 0 spiro atoms. The van der Waals surface area contributed by atoms with Gasteiger partial charge in [-0.25, -0.2) is 4.98 Å². The molecule has 0 radical (unpaired) electrons. The molecule has 0 aliphatic carbocycles. The quantitative estimate of drug-likeness (QED) is 0.317. The van der Waals surface area contributed by atoms with Gasteiger partial charge in [0, 0.05) is 16.6 Å². The standard InChI is InChI=1S/C22H14BrN3O3/c23-16-8-5-15(6-9-16)7-14-21-24-20-4-2-1-3-19(20)22(27)25(21)17-10-12-18(13-11-17)26(28)29/h1-14H/b14-7+. The summed E-state index contributed by atoms with van der Waals surface area (Å²) in [7, 11) is 0. The molecule has 0 N–H and O–H groups in total. The van der Waals surface area contributed by atoms with Crippen molar-refractivity contribution >= 4 is 44.7 Å². The normalized spacial score (nSPS) is 11.2. The molecule has 0 bridgehead atoms. The highest BCUT2D eigenvalue weighted by atomic mass is 79.9. The van der Waals surface area contributed by atoms with E-state index in [-0.39, 0.29) is 11.2 Å². The maximum absolute atomic E-state index is 13.2. The Balaban J connectivity index is 1.89. The first-order valence-corrected chi connectivity index (χ1v) is 9.52. The van der Waals surface area contributed by atoms with E-state index in [9.17, 15) is 14.9 Å². The molecule has 7 heteroatoms. The fourth-order valence-electron chi connectivity index (χ4n) is 2.98. The molecule has 4 rings (SSSR count). The van der Waals surface area contributed by atoms with Crippen LogP contribution in [-0.4, -0.2) is 14.5 Å². The number of nitro groups is 1. The molecule has 0 saturated carbocycles. The minimum atomic E-state index is -0.473. The van der Waals surface area contributed by atoms with Gasteiger partial charge in [-0.2, -0.15) is 0 Å². The number of rotatable bonds is 4. The van der Waals surface area contributed by atoms with Gasteiger partial charge in [0.2, 0.25) is 0 Å². The Hall–Kier alpha value is -3.58. The first-order chi connectivity index (χ1) is 14.0. The summed E-state index contributed by atoms with van der Waals surface area (Å²) >= 11 is 3.41. The highest BCUT2D eigenvalue weighted by molar-refractivity contribution is 9.10. The second kappa shape index (κ2) is 7.81. The van der Waals surface area contributed by atoms with E-state index in [1.807, 2.05) is 36.4 Å². The molecular weight excluding hydrogens is 434 g/mol. The van der Waals surface area contributed by atoms with Crippen molar-refractivity contribution < 1.29 is 4.92 Å². The molecule has 142 valence electrons. The number of non-ortho nitro benzene ring substituents is 1.